The summed E-state index contributed by atoms with van der Waals surface area (Å²) >= 11 is 6.54. The summed E-state index contributed by atoms with van der Waals surface area (Å²) in [5.74, 6) is 0.611. The fourth-order valence-corrected chi connectivity index (χ4v) is 4.36. The molecule has 2 aliphatic heterocycles. The zero-order valence-corrected chi connectivity index (χ0v) is 17.6. The number of carbonyl (C=O) groups is 2. The lowest BCUT2D eigenvalue weighted by atomic mass is 10.1. The highest BCUT2D eigenvalue weighted by Crippen LogP contribution is 2.36. The van der Waals surface area contributed by atoms with Gasteiger partial charge in [-0.2, -0.15) is 0 Å². The van der Waals surface area contributed by atoms with Crippen molar-refractivity contribution in [1.29, 1.82) is 0 Å². The fraction of sp³-hybridized carbons (Fsp3) is 0.190. The first-order chi connectivity index (χ1) is 14.4. The Kier molecular flexibility index (Phi) is 5.65. The highest BCUT2D eigenvalue weighted by Gasteiger charge is 2.31. The summed E-state index contributed by atoms with van der Waals surface area (Å²) in [4.78, 5) is 27.0. The number of phenolic OH excluding ortho intramolecular Hbond substituents is 1. The molecular formula is C21H18N2O5S2. The lowest BCUT2D eigenvalue weighted by molar-refractivity contribution is -0.122. The highest BCUT2D eigenvalue weighted by atomic mass is 32.2. The lowest BCUT2D eigenvalue weighted by Gasteiger charge is -2.15. The molecule has 7 nitrogen and oxygen atoms in total. The second kappa shape index (κ2) is 8.37. The van der Waals surface area contributed by atoms with Crippen molar-refractivity contribution >= 4 is 46.2 Å². The number of aromatic hydroxyl groups is 1. The highest BCUT2D eigenvalue weighted by molar-refractivity contribution is 8.26. The second-order valence-electron chi connectivity index (χ2n) is 6.72. The number of benzene rings is 2. The van der Waals surface area contributed by atoms with Gasteiger partial charge in [0.15, 0.2) is 11.5 Å². The van der Waals surface area contributed by atoms with Crippen molar-refractivity contribution in [2.45, 2.75) is 6.92 Å². The first-order valence-corrected chi connectivity index (χ1v) is 10.4. The standard InChI is InChI=1S/C21H18N2O5S2/c1-12-2-4-15(24)14(8-12)19(25)22-6-7-23-20(26)18(30-21(23)29)10-13-3-5-16-17(9-13)28-11-27-16/h2-5,8-10,24H,6-7,11H2,1H3,(H,22,25)/b18-10-. The van der Waals surface area contributed by atoms with Crippen LogP contribution in [0.3, 0.4) is 0 Å². The predicted octanol–water partition coefficient (Wildman–Crippen LogP) is 3.06. The molecule has 9 heteroatoms. The Morgan fingerprint density at radius 1 is 1.27 bits per heavy atom. The molecule has 154 valence electrons. The van der Waals surface area contributed by atoms with Gasteiger partial charge in [0, 0.05) is 13.1 Å². The molecule has 0 spiro atoms. The Balaban J connectivity index is 1.38. The van der Waals surface area contributed by atoms with E-state index in [0.29, 0.717) is 20.7 Å². The fourth-order valence-electron chi connectivity index (χ4n) is 3.06. The van der Waals surface area contributed by atoms with Crippen LogP contribution >= 0.6 is 24.0 Å². The summed E-state index contributed by atoms with van der Waals surface area (Å²) in [6.45, 7) is 2.47. The van der Waals surface area contributed by atoms with E-state index in [0.717, 1.165) is 11.1 Å². The van der Waals surface area contributed by atoms with Crippen LogP contribution in [0.4, 0.5) is 0 Å². The third kappa shape index (κ3) is 4.12. The van der Waals surface area contributed by atoms with Crippen LogP contribution in [0, 0.1) is 6.92 Å². The number of aryl methyl sites for hydroxylation is 1. The van der Waals surface area contributed by atoms with Gasteiger partial charge in [0.2, 0.25) is 6.79 Å². The Morgan fingerprint density at radius 2 is 2.07 bits per heavy atom. The number of hydrogen-bond acceptors (Lipinski definition) is 7. The quantitative estimate of drug-likeness (QED) is 0.544. The van der Waals surface area contributed by atoms with Crippen molar-refractivity contribution in [3.8, 4) is 17.2 Å². The van der Waals surface area contributed by atoms with Crippen LogP contribution in [-0.4, -0.2) is 46.0 Å². The molecule has 0 bridgehead atoms. The van der Waals surface area contributed by atoms with Gasteiger partial charge < -0.3 is 19.9 Å². The molecule has 0 saturated carbocycles. The Morgan fingerprint density at radius 3 is 2.90 bits per heavy atom. The SMILES string of the molecule is Cc1ccc(O)c(C(=O)NCCN2C(=O)/C(=C/c3ccc4c(c3)OCO4)SC2=S)c1. The third-order valence-corrected chi connectivity index (χ3v) is 5.96. The molecule has 0 radical (unpaired) electrons. The molecule has 2 aliphatic rings. The summed E-state index contributed by atoms with van der Waals surface area (Å²) in [5, 5.41) is 12.6. The maximum atomic E-state index is 12.7. The molecule has 30 heavy (non-hydrogen) atoms. The second-order valence-corrected chi connectivity index (χ2v) is 8.40. The van der Waals surface area contributed by atoms with E-state index in [1.807, 2.05) is 19.1 Å². The summed E-state index contributed by atoms with van der Waals surface area (Å²) in [7, 11) is 0. The van der Waals surface area contributed by atoms with Gasteiger partial charge in [-0.3, -0.25) is 14.5 Å². The molecule has 2 aromatic rings. The van der Waals surface area contributed by atoms with Gasteiger partial charge in [0.05, 0.1) is 10.5 Å². The zero-order valence-electron chi connectivity index (χ0n) is 16.0. The Hall–Kier alpha value is -3.04. The summed E-state index contributed by atoms with van der Waals surface area (Å²) < 4.78 is 11.1. The van der Waals surface area contributed by atoms with E-state index in [-0.39, 0.29) is 37.1 Å². The number of rotatable bonds is 5. The van der Waals surface area contributed by atoms with E-state index in [1.165, 1.54) is 22.7 Å². The van der Waals surface area contributed by atoms with Crippen molar-refractivity contribution < 1.29 is 24.2 Å². The summed E-state index contributed by atoms with van der Waals surface area (Å²) in [6, 6.07) is 10.3. The van der Waals surface area contributed by atoms with E-state index in [1.54, 1.807) is 24.3 Å². The van der Waals surface area contributed by atoms with Crippen LogP contribution in [0.5, 0.6) is 17.2 Å². The van der Waals surface area contributed by atoms with Gasteiger partial charge in [-0.05, 0) is 42.8 Å². The van der Waals surface area contributed by atoms with Crippen LogP contribution in [0.2, 0.25) is 0 Å². The Bertz CT molecular complexity index is 1080. The van der Waals surface area contributed by atoms with E-state index >= 15 is 0 Å². The van der Waals surface area contributed by atoms with Crippen molar-refractivity contribution in [1.82, 2.24) is 10.2 Å². The molecule has 1 saturated heterocycles. The smallest absolute Gasteiger partial charge is 0.266 e. The molecule has 2 heterocycles. The molecule has 0 atom stereocenters. The predicted molar refractivity (Wildman–Crippen MR) is 118 cm³/mol. The van der Waals surface area contributed by atoms with Crippen LogP contribution in [0.1, 0.15) is 21.5 Å². The minimum Gasteiger partial charge on any atom is -0.507 e. The summed E-state index contributed by atoms with van der Waals surface area (Å²) in [5.41, 5.74) is 1.87. The summed E-state index contributed by atoms with van der Waals surface area (Å²) in [6.07, 6.45) is 1.75. The molecule has 4 rings (SSSR count). The Labute approximate surface area is 182 Å². The number of phenols is 1. The van der Waals surface area contributed by atoms with Gasteiger partial charge in [-0.1, -0.05) is 41.7 Å². The number of amides is 2. The van der Waals surface area contributed by atoms with Crippen molar-refractivity contribution in [2.24, 2.45) is 0 Å². The first-order valence-electron chi connectivity index (χ1n) is 9.15. The number of nitrogens with zero attached hydrogens (tertiary/aromatic N) is 1. The van der Waals surface area contributed by atoms with Gasteiger partial charge in [-0.25, -0.2) is 0 Å². The molecule has 2 N–H and O–H groups in total. The van der Waals surface area contributed by atoms with E-state index in [9.17, 15) is 14.7 Å². The number of nitrogens with one attached hydrogen (secondary N) is 1. The third-order valence-electron chi connectivity index (χ3n) is 4.59. The van der Waals surface area contributed by atoms with E-state index < -0.39 is 5.91 Å². The molecular weight excluding hydrogens is 424 g/mol. The lowest BCUT2D eigenvalue weighted by Crippen LogP contribution is -2.37. The number of carbonyl (C=O) groups excluding carboxylic acids is 2. The van der Waals surface area contributed by atoms with Crippen LogP contribution < -0.4 is 14.8 Å². The minimum atomic E-state index is -0.405. The molecule has 2 aromatic carbocycles. The van der Waals surface area contributed by atoms with Gasteiger partial charge in [-0.15, -0.1) is 0 Å². The number of hydrogen-bond donors (Lipinski definition) is 2. The largest absolute Gasteiger partial charge is 0.507 e. The van der Waals surface area contributed by atoms with E-state index in [4.69, 9.17) is 21.7 Å². The molecule has 0 aromatic heterocycles. The van der Waals surface area contributed by atoms with Gasteiger partial charge in [0.25, 0.3) is 11.8 Å². The number of thiocarbonyl (C=S) groups is 1. The monoisotopic (exact) mass is 442 g/mol. The van der Waals surface area contributed by atoms with Crippen LogP contribution in [0.15, 0.2) is 41.3 Å². The number of thioether (sulfide) groups is 1. The number of fused-ring (bicyclic) bond motifs is 1. The maximum absolute atomic E-state index is 12.7. The van der Waals surface area contributed by atoms with Crippen LogP contribution in [-0.2, 0) is 4.79 Å². The maximum Gasteiger partial charge on any atom is 0.266 e. The average Bonchev–Trinajstić information content (AvgIpc) is 3.29. The van der Waals surface area contributed by atoms with Crippen molar-refractivity contribution in [2.75, 3.05) is 19.9 Å². The van der Waals surface area contributed by atoms with Crippen LogP contribution in [0.25, 0.3) is 6.08 Å². The molecule has 1 fully saturated rings. The average molecular weight is 443 g/mol. The minimum absolute atomic E-state index is 0.0876. The van der Waals surface area contributed by atoms with Crippen molar-refractivity contribution in [3.05, 3.63) is 58.0 Å². The topological polar surface area (TPSA) is 88.1 Å². The molecule has 2 amide bonds. The zero-order chi connectivity index (χ0) is 21.3. The van der Waals surface area contributed by atoms with Gasteiger partial charge >= 0.3 is 0 Å². The van der Waals surface area contributed by atoms with Crippen molar-refractivity contribution in [3.63, 3.8) is 0 Å². The first kappa shape index (κ1) is 20.2. The molecule has 0 aliphatic carbocycles. The van der Waals surface area contributed by atoms with Gasteiger partial charge in [0.1, 0.15) is 10.1 Å². The van der Waals surface area contributed by atoms with E-state index in [2.05, 4.69) is 5.32 Å². The molecule has 0 unspecified atom stereocenters. The number of ether oxygens (including phenoxy) is 2. The normalized spacial score (nSPS) is 16.4.